The zero-order chi connectivity index (χ0) is 24.6. The van der Waals surface area contributed by atoms with Crippen molar-refractivity contribution in [3.63, 3.8) is 0 Å². The molecule has 0 bridgehead atoms. The molecule has 168 valence electrons. The molecule has 2 unspecified atom stereocenters. The molecule has 0 aliphatic rings. The second-order valence-corrected chi connectivity index (χ2v) is 8.96. The minimum absolute atomic E-state index is 0.0661. The molecule has 2 atom stereocenters. The minimum Gasteiger partial charge on any atom is -0.479 e. The van der Waals surface area contributed by atoms with Gasteiger partial charge in [0.05, 0.1) is 12.1 Å². The molecule has 2 N–H and O–H groups in total. The molecule has 0 rings (SSSR count). The Balaban J connectivity index is 0. The molecule has 0 aromatic rings. The van der Waals surface area contributed by atoms with Crippen LogP contribution in [0.1, 0.15) is 69.2 Å². The highest BCUT2D eigenvalue weighted by Crippen LogP contribution is 2.26. The van der Waals surface area contributed by atoms with Gasteiger partial charge in [-0.3, -0.25) is 0 Å². The van der Waals surface area contributed by atoms with Gasteiger partial charge in [0.1, 0.15) is 0 Å². The normalized spacial score (nSPS) is 16.3. The topological polar surface area (TPSA) is 172 Å². The summed E-state index contributed by atoms with van der Waals surface area (Å²) >= 11 is 0. The molecule has 30 heavy (non-hydrogen) atoms. The molecule has 0 aromatic carbocycles. The first-order valence-corrected chi connectivity index (χ1v) is 9.48. The lowest BCUT2D eigenvalue weighted by atomic mass is 9.90. The summed E-state index contributed by atoms with van der Waals surface area (Å²) in [5.74, 6) is -2.17. The first-order chi connectivity index (χ1) is 13.3. The van der Waals surface area contributed by atoms with E-state index < -0.39 is 34.1 Å². The number of rotatable bonds is 8. The van der Waals surface area contributed by atoms with E-state index in [2.05, 4.69) is 32.6 Å². The molecule has 0 radical (unpaired) electrons. The molecule has 0 spiro atoms. The zero-order valence-corrected chi connectivity index (χ0v) is 19.5. The molecule has 0 aliphatic carbocycles. The summed E-state index contributed by atoms with van der Waals surface area (Å²) in [5, 5.41) is 50.7. The van der Waals surface area contributed by atoms with Gasteiger partial charge in [0.15, 0.2) is 22.2 Å². The third-order valence-corrected chi connectivity index (χ3v) is 4.76. The third kappa shape index (κ3) is 8.64. The molecular formula is C20H34N6O4. The average molecular weight is 423 g/mol. The van der Waals surface area contributed by atoms with Crippen LogP contribution in [0.25, 0.3) is 0 Å². The van der Waals surface area contributed by atoms with Crippen LogP contribution in [0, 0.1) is 34.5 Å². The van der Waals surface area contributed by atoms with Crippen molar-refractivity contribution in [2.24, 2.45) is 32.3 Å². The molecule has 0 saturated heterocycles. The number of carbonyl (C=O) groups is 2. The SMILES string of the molecule is CC(C)(N=NC(C)(C)C(=O)O)C(=O)O.CC(C)C(C)(C#N)N=NC(C)(C#N)C(C)C. The van der Waals surface area contributed by atoms with E-state index in [0.717, 1.165) is 0 Å². The molecule has 0 heterocycles. The van der Waals surface area contributed by atoms with Gasteiger partial charge in [-0.2, -0.15) is 31.0 Å². The predicted octanol–water partition coefficient (Wildman–Crippen LogP) is 4.48. The van der Waals surface area contributed by atoms with E-state index in [1.54, 1.807) is 13.8 Å². The molecule has 0 aliphatic heterocycles. The second-order valence-electron chi connectivity index (χ2n) is 8.96. The number of nitriles is 2. The van der Waals surface area contributed by atoms with Crippen LogP contribution in [-0.4, -0.2) is 44.3 Å². The predicted molar refractivity (Wildman–Crippen MR) is 111 cm³/mol. The average Bonchev–Trinajstić information content (AvgIpc) is 2.64. The quantitative estimate of drug-likeness (QED) is 0.545. The molecule has 0 fully saturated rings. The van der Waals surface area contributed by atoms with E-state index >= 15 is 0 Å². The third-order valence-electron chi connectivity index (χ3n) is 4.76. The lowest BCUT2D eigenvalue weighted by Crippen LogP contribution is -2.32. The van der Waals surface area contributed by atoms with Crippen molar-refractivity contribution in [3.8, 4) is 12.1 Å². The number of carboxylic acids is 2. The van der Waals surface area contributed by atoms with Gasteiger partial charge in [0.2, 0.25) is 0 Å². The van der Waals surface area contributed by atoms with Gasteiger partial charge < -0.3 is 10.2 Å². The summed E-state index contributed by atoms with van der Waals surface area (Å²) in [6.07, 6.45) is 0. The van der Waals surface area contributed by atoms with Gasteiger partial charge >= 0.3 is 11.9 Å². The summed E-state index contributed by atoms with van der Waals surface area (Å²) in [4.78, 5) is 21.2. The van der Waals surface area contributed by atoms with Crippen molar-refractivity contribution >= 4 is 11.9 Å². The van der Waals surface area contributed by atoms with E-state index in [0.29, 0.717) is 0 Å². The highest BCUT2D eigenvalue weighted by molar-refractivity contribution is 5.79. The molecular weight excluding hydrogens is 388 g/mol. The van der Waals surface area contributed by atoms with Gasteiger partial charge in [-0.05, 0) is 53.4 Å². The maximum absolute atomic E-state index is 10.6. The Labute approximate surface area is 178 Å². The first kappa shape index (κ1) is 29.3. The Morgan fingerprint density at radius 1 is 0.667 bits per heavy atom. The van der Waals surface area contributed by atoms with Crippen molar-refractivity contribution in [3.05, 3.63) is 0 Å². The lowest BCUT2D eigenvalue weighted by Gasteiger charge is -2.24. The Morgan fingerprint density at radius 3 is 1.03 bits per heavy atom. The second kappa shape index (κ2) is 10.8. The van der Waals surface area contributed by atoms with Crippen LogP contribution < -0.4 is 0 Å². The van der Waals surface area contributed by atoms with Crippen LogP contribution in [-0.2, 0) is 9.59 Å². The summed E-state index contributed by atoms with van der Waals surface area (Å²) in [6.45, 7) is 16.5. The largest absolute Gasteiger partial charge is 0.479 e. The van der Waals surface area contributed by atoms with Gasteiger partial charge in [0, 0.05) is 0 Å². The zero-order valence-electron chi connectivity index (χ0n) is 19.5. The van der Waals surface area contributed by atoms with Crippen LogP contribution in [0.3, 0.4) is 0 Å². The summed E-state index contributed by atoms with van der Waals surface area (Å²) in [6, 6.07) is 4.29. The van der Waals surface area contributed by atoms with Gasteiger partial charge in [-0.25, -0.2) is 9.59 Å². The van der Waals surface area contributed by atoms with Crippen LogP contribution in [0.5, 0.6) is 0 Å². The number of aliphatic carboxylic acids is 2. The Bertz CT molecular complexity index is 696. The highest BCUT2D eigenvalue weighted by atomic mass is 16.4. The van der Waals surface area contributed by atoms with Crippen molar-refractivity contribution in [2.75, 3.05) is 0 Å². The summed E-state index contributed by atoms with van der Waals surface area (Å²) in [5.41, 5.74) is -4.50. The van der Waals surface area contributed by atoms with Crippen molar-refractivity contribution in [2.45, 2.75) is 91.4 Å². The highest BCUT2D eigenvalue weighted by Gasteiger charge is 2.33. The first-order valence-electron chi connectivity index (χ1n) is 9.48. The maximum Gasteiger partial charge on any atom is 0.332 e. The fourth-order valence-corrected chi connectivity index (χ4v) is 1.08. The van der Waals surface area contributed by atoms with Crippen molar-refractivity contribution in [1.29, 1.82) is 10.5 Å². The van der Waals surface area contributed by atoms with Gasteiger partial charge in [-0.1, -0.05) is 27.7 Å². The molecule has 10 heteroatoms. The molecule has 0 aromatic heterocycles. The van der Waals surface area contributed by atoms with E-state index in [4.69, 9.17) is 20.7 Å². The monoisotopic (exact) mass is 422 g/mol. The van der Waals surface area contributed by atoms with E-state index in [1.165, 1.54) is 27.7 Å². The van der Waals surface area contributed by atoms with Gasteiger partial charge in [0.25, 0.3) is 0 Å². The van der Waals surface area contributed by atoms with E-state index in [-0.39, 0.29) is 11.8 Å². The van der Waals surface area contributed by atoms with E-state index in [1.807, 2.05) is 27.7 Å². The number of azo groups is 2. The number of carboxylic acid groups (broad SMARTS) is 2. The maximum atomic E-state index is 10.6. The van der Waals surface area contributed by atoms with Crippen molar-refractivity contribution < 1.29 is 19.8 Å². The van der Waals surface area contributed by atoms with E-state index in [9.17, 15) is 9.59 Å². The van der Waals surface area contributed by atoms with Gasteiger partial charge in [-0.15, -0.1) is 0 Å². The van der Waals surface area contributed by atoms with Crippen molar-refractivity contribution in [1.82, 2.24) is 0 Å². The smallest absolute Gasteiger partial charge is 0.332 e. The van der Waals surface area contributed by atoms with Crippen LogP contribution in [0.4, 0.5) is 0 Å². The minimum atomic E-state index is -1.40. The number of hydrogen-bond donors (Lipinski definition) is 2. The fraction of sp³-hybridized carbons (Fsp3) is 0.800. The Morgan fingerprint density at radius 2 is 0.900 bits per heavy atom. The number of hydrogen-bond acceptors (Lipinski definition) is 8. The summed E-state index contributed by atoms with van der Waals surface area (Å²) < 4.78 is 0. The molecule has 0 amide bonds. The van der Waals surface area contributed by atoms with Crippen LogP contribution in [0.2, 0.25) is 0 Å². The van der Waals surface area contributed by atoms with Crippen LogP contribution in [0.15, 0.2) is 20.5 Å². The van der Waals surface area contributed by atoms with Crippen LogP contribution >= 0.6 is 0 Å². The lowest BCUT2D eigenvalue weighted by molar-refractivity contribution is -0.144. The number of nitrogens with zero attached hydrogens (tertiary/aromatic N) is 6. The standard InChI is InChI=1S/C12H20N4.C8H14N2O4/c1-9(2)11(5,7-13)15-16-12(6,8-14)10(3)4;1-7(2,5(11)12)9-10-8(3,4)6(13)14/h9-10H,1-6H3;1-4H3,(H,11,12)(H,13,14). The fourth-order valence-electron chi connectivity index (χ4n) is 1.08. The molecule has 10 nitrogen and oxygen atoms in total. The summed E-state index contributed by atoms with van der Waals surface area (Å²) in [7, 11) is 0. The molecule has 0 saturated carbocycles. The Hall–Kier alpha value is -2.88. The Kier molecular flexibility index (Phi) is 10.5.